The number of ether oxygens (including phenoxy) is 1. The maximum absolute atomic E-state index is 12.6. The molecule has 5 heteroatoms. The van der Waals surface area contributed by atoms with Crippen LogP contribution in [0.4, 0.5) is 10.5 Å². The van der Waals surface area contributed by atoms with Gasteiger partial charge in [0.05, 0.1) is 20.3 Å². The third-order valence-corrected chi connectivity index (χ3v) is 4.06. The number of benzene rings is 2. The zero-order valence-corrected chi connectivity index (χ0v) is 14.4. The van der Waals surface area contributed by atoms with Gasteiger partial charge in [0, 0.05) is 17.8 Å². The summed E-state index contributed by atoms with van der Waals surface area (Å²) in [5, 5.41) is 12.2. The number of amides is 2. The number of aliphatic hydroxyl groups is 1. The van der Waals surface area contributed by atoms with Crippen molar-refractivity contribution in [1.29, 1.82) is 0 Å². The second-order valence-corrected chi connectivity index (χ2v) is 5.63. The summed E-state index contributed by atoms with van der Waals surface area (Å²) < 4.78 is 5.34. The van der Waals surface area contributed by atoms with Gasteiger partial charge in [0.15, 0.2) is 0 Å². The molecule has 0 saturated heterocycles. The van der Waals surface area contributed by atoms with Gasteiger partial charge in [-0.1, -0.05) is 30.3 Å². The van der Waals surface area contributed by atoms with Gasteiger partial charge >= 0.3 is 6.03 Å². The van der Waals surface area contributed by atoms with Gasteiger partial charge in [0.25, 0.3) is 0 Å². The fourth-order valence-corrected chi connectivity index (χ4v) is 2.49. The molecule has 0 aliphatic heterocycles. The van der Waals surface area contributed by atoms with E-state index in [4.69, 9.17) is 4.74 Å². The lowest BCUT2D eigenvalue weighted by molar-refractivity contribution is 0.184. The number of carbonyl (C=O) groups excluding carboxylic acids is 1. The summed E-state index contributed by atoms with van der Waals surface area (Å²) in [6.45, 7) is 4.48. The number of rotatable bonds is 6. The van der Waals surface area contributed by atoms with Gasteiger partial charge in [-0.3, -0.25) is 0 Å². The Morgan fingerprint density at radius 2 is 1.92 bits per heavy atom. The summed E-state index contributed by atoms with van der Waals surface area (Å²) in [6.07, 6.45) is 0. The number of anilines is 1. The first kappa shape index (κ1) is 17.8. The van der Waals surface area contributed by atoms with Gasteiger partial charge in [-0.05, 0) is 37.1 Å². The van der Waals surface area contributed by atoms with Crippen molar-refractivity contribution in [1.82, 2.24) is 4.90 Å². The van der Waals surface area contributed by atoms with Gasteiger partial charge in [-0.15, -0.1) is 0 Å². The predicted molar refractivity (Wildman–Crippen MR) is 95.4 cm³/mol. The molecule has 2 aromatic rings. The average molecular weight is 328 g/mol. The van der Waals surface area contributed by atoms with Gasteiger partial charge in [0.2, 0.25) is 0 Å². The van der Waals surface area contributed by atoms with Crippen LogP contribution in [0.1, 0.15) is 16.7 Å². The number of nitrogens with zero attached hydrogens (tertiary/aromatic N) is 1. The number of aliphatic hydroxyl groups excluding tert-OH is 1. The maximum Gasteiger partial charge on any atom is 0.322 e. The quantitative estimate of drug-likeness (QED) is 0.855. The Hall–Kier alpha value is -2.53. The third-order valence-electron chi connectivity index (χ3n) is 4.06. The Balaban J connectivity index is 2.17. The van der Waals surface area contributed by atoms with E-state index in [1.165, 1.54) is 0 Å². The summed E-state index contributed by atoms with van der Waals surface area (Å²) in [7, 11) is 1.60. The molecule has 24 heavy (non-hydrogen) atoms. The molecule has 0 bridgehead atoms. The Kier molecular flexibility index (Phi) is 6.21. The van der Waals surface area contributed by atoms with E-state index < -0.39 is 0 Å². The molecule has 0 aromatic heterocycles. The number of nitrogens with one attached hydrogen (secondary N) is 1. The highest BCUT2D eigenvalue weighted by Crippen LogP contribution is 2.21. The topological polar surface area (TPSA) is 61.8 Å². The molecule has 0 spiro atoms. The first-order chi connectivity index (χ1) is 11.6. The van der Waals surface area contributed by atoms with Crippen LogP contribution in [-0.4, -0.2) is 36.3 Å². The lowest BCUT2D eigenvalue weighted by Gasteiger charge is -2.24. The van der Waals surface area contributed by atoms with Crippen LogP contribution in [-0.2, 0) is 6.54 Å². The van der Waals surface area contributed by atoms with Gasteiger partial charge in [-0.25, -0.2) is 4.79 Å². The van der Waals surface area contributed by atoms with E-state index in [9.17, 15) is 9.90 Å². The molecule has 0 atom stereocenters. The number of urea groups is 1. The van der Waals surface area contributed by atoms with Gasteiger partial charge < -0.3 is 20.1 Å². The largest absolute Gasteiger partial charge is 0.496 e. The fourth-order valence-electron chi connectivity index (χ4n) is 2.49. The minimum Gasteiger partial charge on any atom is -0.496 e. The molecule has 0 heterocycles. The smallest absolute Gasteiger partial charge is 0.322 e. The van der Waals surface area contributed by atoms with E-state index in [1.54, 1.807) is 12.0 Å². The molecule has 5 nitrogen and oxygen atoms in total. The molecule has 2 rings (SSSR count). The molecule has 128 valence electrons. The van der Waals surface area contributed by atoms with E-state index in [2.05, 4.69) is 5.32 Å². The molecule has 2 amide bonds. The normalized spacial score (nSPS) is 10.3. The summed E-state index contributed by atoms with van der Waals surface area (Å²) in [6, 6.07) is 13.1. The molecular weight excluding hydrogens is 304 g/mol. The third kappa shape index (κ3) is 4.26. The number of carbonyl (C=O) groups is 1. The van der Waals surface area contributed by atoms with Crippen molar-refractivity contribution < 1.29 is 14.6 Å². The molecule has 0 aliphatic carbocycles. The van der Waals surface area contributed by atoms with Crippen molar-refractivity contribution >= 4 is 11.7 Å². The van der Waals surface area contributed by atoms with Gasteiger partial charge in [-0.2, -0.15) is 0 Å². The number of methoxy groups -OCH3 is 1. The summed E-state index contributed by atoms with van der Waals surface area (Å²) >= 11 is 0. The highest BCUT2D eigenvalue weighted by molar-refractivity contribution is 5.90. The summed E-state index contributed by atoms with van der Waals surface area (Å²) in [4.78, 5) is 14.2. The first-order valence-electron chi connectivity index (χ1n) is 7.91. The van der Waals surface area contributed by atoms with Crippen LogP contribution >= 0.6 is 0 Å². The molecule has 0 radical (unpaired) electrons. The Morgan fingerprint density at radius 3 is 2.62 bits per heavy atom. The van der Waals surface area contributed by atoms with E-state index >= 15 is 0 Å². The zero-order chi connectivity index (χ0) is 17.5. The molecule has 2 aromatic carbocycles. The number of aryl methyl sites for hydroxylation is 1. The minimum atomic E-state index is -0.247. The monoisotopic (exact) mass is 328 g/mol. The highest BCUT2D eigenvalue weighted by atomic mass is 16.5. The van der Waals surface area contributed by atoms with Crippen LogP contribution in [0.2, 0.25) is 0 Å². The molecular formula is C19H24N2O3. The van der Waals surface area contributed by atoms with Crippen molar-refractivity contribution in [2.45, 2.75) is 20.4 Å². The van der Waals surface area contributed by atoms with Crippen LogP contribution in [0.15, 0.2) is 42.5 Å². The Labute approximate surface area is 142 Å². The minimum absolute atomic E-state index is 0.102. The fraction of sp³-hybridized carbons (Fsp3) is 0.316. The van der Waals surface area contributed by atoms with E-state index in [1.807, 2.05) is 56.3 Å². The molecule has 0 unspecified atom stereocenters. The van der Waals surface area contributed by atoms with E-state index in [-0.39, 0.29) is 19.2 Å². The van der Waals surface area contributed by atoms with Crippen LogP contribution in [0, 0.1) is 13.8 Å². The van der Waals surface area contributed by atoms with Crippen molar-refractivity contribution in [2.75, 3.05) is 25.6 Å². The summed E-state index contributed by atoms with van der Waals surface area (Å²) in [5.41, 5.74) is 3.82. The second kappa shape index (κ2) is 8.36. The molecule has 0 aliphatic rings. The molecule has 0 fully saturated rings. The van der Waals surface area contributed by atoms with E-state index in [0.29, 0.717) is 6.54 Å². The average Bonchev–Trinajstić information content (AvgIpc) is 2.59. The standard InChI is InChI=1S/C19H24N2O3/c1-14-7-6-9-17(15(14)2)20-19(23)21(11-12-22)13-16-8-4-5-10-18(16)24-3/h4-10,22H,11-13H2,1-3H3,(H,20,23). The SMILES string of the molecule is COc1ccccc1CN(CCO)C(=O)Nc1cccc(C)c1C. The van der Waals surface area contributed by atoms with Crippen molar-refractivity contribution in [3.05, 3.63) is 59.2 Å². The number of hydrogen-bond acceptors (Lipinski definition) is 3. The van der Waals surface area contributed by atoms with Crippen LogP contribution in [0.5, 0.6) is 5.75 Å². The van der Waals surface area contributed by atoms with Crippen LogP contribution in [0.25, 0.3) is 0 Å². The molecule has 2 N–H and O–H groups in total. The first-order valence-corrected chi connectivity index (χ1v) is 7.91. The number of hydrogen-bond donors (Lipinski definition) is 2. The predicted octanol–water partition coefficient (Wildman–Crippen LogP) is 3.34. The lowest BCUT2D eigenvalue weighted by Crippen LogP contribution is -2.36. The summed E-state index contributed by atoms with van der Waals surface area (Å²) in [5.74, 6) is 0.722. The van der Waals surface area contributed by atoms with Crippen molar-refractivity contribution in [2.24, 2.45) is 0 Å². The Morgan fingerprint density at radius 1 is 1.17 bits per heavy atom. The lowest BCUT2D eigenvalue weighted by atomic mass is 10.1. The van der Waals surface area contributed by atoms with Gasteiger partial charge in [0.1, 0.15) is 5.75 Å². The second-order valence-electron chi connectivity index (χ2n) is 5.63. The molecule has 0 saturated carbocycles. The highest BCUT2D eigenvalue weighted by Gasteiger charge is 2.16. The van der Waals surface area contributed by atoms with Crippen molar-refractivity contribution in [3.8, 4) is 5.75 Å². The maximum atomic E-state index is 12.6. The number of para-hydroxylation sites is 1. The van der Waals surface area contributed by atoms with Crippen molar-refractivity contribution in [3.63, 3.8) is 0 Å². The zero-order valence-electron chi connectivity index (χ0n) is 14.4. The van der Waals surface area contributed by atoms with Crippen LogP contribution in [0.3, 0.4) is 0 Å². The van der Waals surface area contributed by atoms with Crippen LogP contribution < -0.4 is 10.1 Å². The van der Waals surface area contributed by atoms with E-state index in [0.717, 1.165) is 28.1 Å². The Bertz CT molecular complexity index is 701.